The lowest BCUT2D eigenvalue weighted by atomic mass is 10.0. The molecule has 2 heterocycles. The van der Waals surface area contributed by atoms with Crippen molar-refractivity contribution in [2.75, 3.05) is 25.6 Å². The minimum Gasteiger partial charge on any atom is -0.383 e. The van der Waals surface area contributed by atoms with Crippen LogP contribution in [0.3, 0.4) is 0 Å². The summed E-state index contributed by atoms with van der Waals surface area (Å²) < 4.78 is 21.2. The predicted octanol–water partition coefficient (Wildman–Crippen LogP) is 2.62. The molecular formula is C19H18FN5O2. The number of para-hydroxylation sites is 1. The molecular weight excluding hydrogens is 349 g/mol. The fourth-order valence-corrected chi connectivity index (χ4v) is 3.19. The van der Waals surface area contributed by atoms with Crippen molar-refractivity contribution in [3.05, 3.63) is 72.1 Å². The Morgan fingerprint density at radius 1 is 1.26 bits per heavy atom. The molecule has 1 aliphatic heterocycles. The van der Waals surface area contributed by atoms with Crippen LogP contribution >= 0.6 is 0 Å². The topological polar surface area (TPSA) is 72.3 Å². The molecule has 1 aromatic heterocycles. The summed E-state index contributed by atoms with van der Waals surface area (Å²) in [5, 5.41) is 7.29. The van der Waals surface area contributed by atoms with Crippen LogP contribution in [0.4, 0.5) is 10.1 Å². The van der Waals surface area contributed by atoms with Crippen molar-refractivity contribution in [1.29, 1.82) is 0 Å². The molecule has 0 spiro atoms. The summed E-state index contributed by atoms with van der Waals surface area (Å²) >= 11 is 0. The average molecular weight is 367 g/mol. The number of carbonyl (C=O) groups is 1. The van der Waals surface area contributed by atoms with E-state index in [9.17, 15) is 9.18 Å². The Morgan fingerprint density at radius 3 is 2.85 bits per heavy atom. The molecule has 0 saturated carbocycles. The van der Waals surface area contributed by atoms with E-state index in [0.29, 0.717) is 30.0 Å². The standard InChI is InChI=1S/C19H18FN5O2/c1-27-9-8-24-18(23-16-5-3-2-4-14(16)19(24)26)13-6-7-17(15(20)10-13)25-12-21-11-22-25/h2-7,10-12,18,23H,8-9H2,1H3. The molecule has 1 amide bonds. The van der Waals surface area contributed by atoms with Crippen molar-refractivity contribution in [3.8, 4) is 5.69 Å². The lowest BCUT2D eigenvalue weighted by molar-refractivity contribution is 0.0609. The molecule has 0 aliphatic carbocycles. The number of ether oxygens (including phenoxy) is 1. The fourth-order valence-electron chi connectivity index (χ4n) is 3.19. The molecule has 1 aliphatic rings. The van der Waals surface area contributed by atoms with Gasteiger partial charge in [-0.3, -0.25) is 4.79 Å². The van der Waals surface area contributed by atoms with Crippen LogP contribution in [-0.2, 0) is 4.74 Å². The lowest BCUT2D eigenvalue weighted by Gasteiger charge is -2.38. The second-order valence-corrected chi connectivity index (χ2v) is 6.13. The molecule has 4 rings (SSSR count). The normalized spacial score (nSPS) is 16.1. The highest BCUT2D eigenvalue weighted by Crippen LogP contribution is 2.33. The summed E-state index contributed by atoms with van der Waals surface area (Å²) in [6.45, 7) is 0.763. The van der Waals surface area contributed by atoms with E-state index in [-0.39, 0.29) is 5.91 Å². The molecule has 3 aromatic rings. The molecule has 0 bridgehead atoms. The molecule has 138 valence electrons. The maximum atomic E-state index is 14.7. The molecule has 0 saturated heterocycles. The van der Waals surface area contributed by atoms with Gasteiger partial charge >= 0.3 is 0 Å². The molecule has 0 fully saturated rings. The second-order valence-electron chi connectivity index (χ2n) is 6.13. The van der Waals surface area contributed by atoms with Crippen molar-refractivity contribution in [2.45, 2.75) is 6.17 Å². The molecule has 1 atom stereocenters. The van der Waals surface area contributed by atoms with Gasteiger partial charge in [0.1, 0.15) is 30.3 Å². The number of halogens is 1. The summed E-state index contributed by atoms with van der Waals surface area (Å²) in [4.78, 5) is 18.4. The van der Waals surface area contributed by atoms with E-state index in [1.54, 1.807) is 30.2 Å². The highest BCUT2D eigenvalue weighted by Gasteiger charge is 2.32. The summed E-state index contributed by atoms with van der Waals surface area (Å²) in [5.41, 5.74) is 2.24. The van der Waals surface area contributed by atoms with E-state index in [1.807, 2.05) is 18.2 Å². The van der Waals surface area contributed by atoms with Gasteiger partial charge in [0.05, 0.1) is 12.2 Å². The zero-order chi connectivity index (χ0) is 18.8. The van der Waals surface area contributed by atoms with Crippen molar-refractivity contribution < 1.29 is 13.9 Å². The van der Waals surface area contributed by atoms with E-state index < -0.39 is 12.0 Å². The van der Waals surface area contributed by atoms with Gasteiger partial charge in [-0.25, -0.2) is 14.1 Å². The summed E-state index contributed by atoms with van der Waals surface area (Å²) in [7, 11) is 1.58. The van der Waals surface area contributed by atoms with Gasteiger partial charge < -0.3 is 15.0 Å². The number of hydrogen-bond donors (Lipinski definition) is 1. The highest BCUT2D eigenvalue weighted by atomic mass is 19.1. The molecule has 0 radical (unpaired) electrons. The van der Waals surface area contributed by atoms with Crippen LogP contribution in [0.2, 0.25) is 0 Å². The van der Waals surface area contributed by atoms with Crippen LogP contribution in [0.25, 0.3) is 5.69 Å². The zero-order valence-corrected chi connectivity index (χ0v) is 14.7. The van der Waals surface area contributed by atoms with Crippen LogP contribution in [0.15, 0.2) is 55.1 Å². The number of nitrogens with zero attached hydrogens (tertiary/aromatic N) is 4. The van der Waals surface area contributed by atoms with Crippen molar-refractivity contribution in [3.63, 3.8) is 0 Å². The maximum Gasteiger partial charge on any atom is 0.257 e. The van der Waals surface area contributed by atoms with Crippen LogP contribution in [0, 0.1) is 5.82 Å². The van der Waals surface area contributed by atoms with Gasteiger partial charge in [-0.2, -0.15) is 5.10 Å². The molecule has 8 heteroatoms. The first-order valence-corrected chi connectivity index (χ1v) is 8.49. The number of aromatic nitrogens is 3. The third-order valence-corrected chi connectivity index (χ3v) is 4.51. The Balaban J connectivity index is 1.72. The van der Waals surface area contributed by atoms with Gasteiger partial charge in [0.2, 0.25) is 0 Å². The second kappa shape index (κ2) is 7.16. The van der Waals surface area contributed by atoms with Crippen molar-refractivity contribution in [1.82, 2.24) is 19.7 Å². The lowest BCUT2D eigenvalue weighted by Crippen LogP contribution is -2.44. The molecule has 27 heavy (non-hydrogen) atoms. The Bertz CT molecular complexity index is 960. The van der Waals surface area contributed by atoms with E-state index in [0.717, 1.165) is 5.69 Å². The van der Waals surface area contributed by atoms with E-state index in [4.69, 9.17) is 4.74 Å². The summed E-state index contributed by atoms with van der Waals surface area (Å²) in [6.07, 6.45) is 2.28. The quantitative estimate of drug-likeness (QED) is 0.751. The molecule has 7 nitrogen and oxygen atoms in total. The zero-order valence-electron chi connectivity index (χ0n) is 14.7. The first-order valence-electron chi connectivity index (χ1n) is 8.49. The number of anilines is 1. The number of hydrogen-bond acceptors (Lipinski definition) is 5. The van der Waals surface area contributed by atoms with E-state index >= 15 is 0 Å². The number of benzene rings is 2. The Kier molecular flexibility index (Phi) is 4.55. The average Bonchev–Trinajstić information content (AvgIpc) is 3.21. The van der Waals surface area contributed by atoms with Crippen molar-refractivity contribution >= 4 is 11.6 Å². The maximum absolute atomic E-state index is 14.7. The molecule has 1 N–H and O–H groups in total. The van der Waals surface area contributed by atoms with Crippen LogP contribution in [0.5, 0.6) is 0 Å². The summed E-state index contributed by atoms with van der Waals surface area (Å²) in [6, 6.07) is 12.1. The minimum absolute atomic E-state index is 0.118. The van der Waals surface area contributed by atoms with Gasteiger partial charge in [-0.05, 0) is 29.8 Å². The third-order valence-electron chi connectivity index (χ3n) is 4.51. The first-order chi connectivity index (χ1) is 13.2. The van der Waals surface area contributed by atoms with Crippen LogP contribution in [0.1, 0.15) is 22.1 Å². The Labute approximate surface area is 155 Å². The number of carbonyl (C=O) groups excluding carboxylic acids is 1. The van der Waals surface area contributed by atoms with Gasteiger partial charge in [0.25, 0.3) is 5.91 Å². The van der Waals surface area contributed by atoms with Gasteiger partial charge in [-0.1, -0.05) is 18.2 Å². The van der Waals surface area contributed by atoms with E-state index in [1.165, 1.54) is 23.4 Å². The number of rotatable bonds is 5. The Hall–Kier alpha value is -3.26. The van der Waals surface area contributed by atoms with E-state index in [2.05, 4.69) is 15.4 Å². The summed E-state index contributed by atoms with van der Waals surface area (Å²) in [5.74, 6) is -0.565. The molecule has 2 aromatic carbocycles. The Morgan fingerprint density at radius 2 is 2.11 bits per heavy atom. The minimum atomic E-state index is -0.498. The highest BCUT2D eigenvalue weighted by molar-refractivity contribution is 6.01. The number of amides is 1. The third kappa shape index (κ3) is 3.15. The van der Waals surface area contributed by atoms with Crippen molar-refractivity contribution in [2.24, 2.45) is 0 Å². The first kappa shape index (κ1) is 17.2. The van der Waals surface area contributed by atoms with Gasteiger partial charge in [0.15, 0.2) is 0 Å². The number of fused-ring (bicyclic) bond motifs is 1. The smallest absolute Gasteiger partial charge is 0.257 e. The fraction of sp³-hybridized carbons (Fsp3) is 0.211. The number of nitrogens with one attached hydrogen (secondary N) is 1. The largest absolute Gasteiger partial charge is 0.383 e. The van der Waals surface area contributed by atoms with Crippen LogP contribution < -0.4 is 5.32 Å². The number of methoxy groups -OCH3 is 1. The van der Waals surface area contributed by atoms with Crippen LogP contribution in [-0.4, -0.2) is 45.8 Å². The SMILES string of the molecule is COCCN1C(=O)c2ccccc2NC1c1ccc(-n2cncn2)c(F)c1. The van der Waals surface area contributed by atoms with Gasteiger partial charge in [-0.15, -0.1) is 0 Å². The molecule has 1 unspecified atom stereocenters. The monoisotopic (exact) mass is 367 g/mol. The predicted molar refractivity (Wildman–Crippen MR) is 97.0 cm³/mol. The van der Waals surface area contributed by atoms with Gasteiger partial charge in [0, 0.05) is 19.3 Å².